The molecule has 0 saturated carbocycles. The molecule has 1 N–H and O–H groups in total. The molecular weight excluding hydrogens is 333 g/mol. The monoisotopic (exact) mass is 355 g/mol. The number of alkyl carbamates (subject to hydrolysis) is 1. The van der Waals surface area contributed by atoms with E-state index in [9.17, 15) is 14.0 Å². The summed E-state index contributed by atoms with van der Waals surface area (Å²) < 4.78 is 18.6. The van der Waals surface area contributed by atoms with Gasteiger partial charge in [0.25, 0.3) is 0 Å². The lowest BCUT2D eigenvalue weighted by Gasteiger charge is -2.27. The third kappa shape index (κ3) is 3.47. The van der Waals surface area contributed by atoms with Crippen LogP contribution in [0.4, 0.5) is 9.18 Å². The topological polar surface area (TPSA) is 55.4 Å². The Morgan fingerprint density at radius 3 is 2.00 bits per heavy atom. The van der Waals surface area contributed by atoms with Gasteiger partial charge in [0, 0.05) is 5.92 Å². The molecular formula is C21H22FNO3. The summed E-state index contributed by atoms with van der Waals surface area (Å²) in [6.07, 6.45) is -0.794. The first-order valence-corrected chi connectivity index (χ1v) is 8.60. The second-order valence-electron chi connectivity index (χ2n) is 7.57. The Morgan fingerprint density at radius 2 is 1.54 bits per heavy atom. The highest BCUT2D eigenvalue weighted by Crippen LogP contribution is 2.44. The number of amides is 1. The smallest absolute Gasteiger partial charge is 0.407 e. The minimum atomic E-state index is -1.58. The molecule has 0 aliphatic heterocycles. The highest BCUT2D eigenvalue weighted by Gasteiger charge is 2.34. The maximum atomic E-state index is 13.2. The maximum Gasteiger partial charge on any atom is 0.407 e. The first kappa shape index (κ1) is 18.1. The first-order valence-electron chi connectivity index (χ1n) is 8.60. The van der Waals surface area contributed by atoms with Crippen molar-refractivity contribution in [2.45, 2.75) is 32.7 Å². The maximum absolute atomic E-state index is 13.2. The molecule has 2 aromatic carbocycles. The van der Waals surface area contributed by atoms with Crippen LogP contribution in [-0.2, 0) is 9.53 Å². The van der Waals surface area contributed by atoms with Gasteiger partial charge in [0.15, 0.2) is 0 Å². The molecule has 1 aliphatic carbocycles. The van der Waals surface area contributed by atoms with Crippen LogP contribution in [-0.4, -0.2) is 24.8 Å². The van der Waals surface area contributed by atoms with Crippen molar-refractivity contribution in [1.82, 2.24) is 5.32 Å². The predicted octanol–water partition coefficient (Wildman–Crippen LogP) is 4.44. The van der Waals surface area contributed by atoms with Gasteiger partial charge in [-0.2, -0.15) is 4.39 Å². The summed E-state index contributed by atoms with van der Waals surface area (Å²) >= 11 is 0. The van der Waals surface area contributed by atoms with Crippen LogP contribution in [0.1, 0.15) is 37.8 Å². The van der Waals surface area contributed by atoms with Gasteiger partial charge < -0.3 is 10.1 Å². The molecule has 0 aromatic heterocycles. The lowest BCUT2D eigenvalue weighted by atomic mass is 9.87. The van der Waals surface area contributed by atoms with E-state index in [4.69, 9.17) is 4.74 Å². The van der Waals surface area contributed by atoms with E-state index in [-0.39, 0.29) is 12.5 Å². The highest BCUT2D eigenvalue weighted by molar-refractivity contribution is 5.82. The summed E-state index contributed by atoms with van der Waals surface area (Å²) in [5, 5.41) is 2.34. The van der Waals surface area contributed by atoms with Gasteiger partial charge in [0.2, 0.25) is 0 Å². The number of hydrogen-bond donors (Lipinski definition) is 1. The Hall–Kier alpha value is -2.69. The number of halogens is 1. The number of nitrogens with one attached hydrogen (secondary N) is 1. The van der Waals surface area contributed by atoms with E-state index < -0.39 is 23.6 Å². The van der Waals surface area contributed by atoms with E-state index in [0.717, 1.165) is 22.3 Å². The summed E-state index contributed by atoms with van der Waals surface area (Å²) in [5.74, 6) is -0.0812. The summed E-state index contributed by atoms with van der Waals surface area (Å²) in [4.78, 5) is 23.3. The van der Waals surface area contributed by atoms with Crippen LogP contribution in [0.15, 0.2) is 48.5 Å². The molecule has 0 radical (unpaired) electrons. The van der Waals surface area contributed by atoms with Crippen molar-refractivity contribution in [3.8, 4) is 11.1 Å². The number of hydrogen-bond acceptors (Lipinski definition) is 3. The van der Waals surface area contributed by atoms with E-state index in [2.05, 4.69) is 5.32 Å². The molecule has 5 heteroatoms. The Kier molecular flexibility index (Phi) is 4.81. The zero-order valence-corrected chi connectivity index (χ0v) is 15.1. The summed E-state index contributed by atoms with van der Waals surface area (Å²) in [6, 6.07) is 13.2. The van der Waals surface area contributed by atoms with Crippen molar-refractivity contribution in [3.63, 3.8) is 0 Å². The zero-order chi connectivity index (χ0) is 18.9. The number of carbonyl (C=O) groups excluding carboxylic acids is 2. The lowest BCUT2D eigenvalue weighted by molar-refractivity contribution is -0.134. The van der Waals surface area contributed by atoms with Gasteiger partial charge in [0.1, 0.15) is 12.6 Å². The van der Waals surface area contributed by atoms with Crippen molar-refractivity contribution < 1.29 is 18.7 Å². The number of fused-ring (bicyclic) bond motifs is 3. The van der Waals surface area contributed by atoms with Gasteiger partial charge in [-0.15, -0.1) is 0 Å². The first-order chi connectivity index (χ1) is 12.3. The average Bonchev–Trinajstić information content (AvgIpc) is 2.91. The van der Waals surface area contributed by atoms with Gasteiger partial charge in [-0.05, 0) is 27.7 Å². The van der Waals surface area contributed by atoms with Crippen LogP contribution in [0.3, 0.4) is 0 Å². The Bertz CT molecular complexity index is 796. The summed E-state index contributed by atoms with van der Waals surface area (Å²) in [7, 11) is 0. The fourth-order valence-corrected chi connectivity index (χ4v) is 3.37. The lowest BCUT2D eigenvalue weighted by Crippen LogP contribution is -2.48. The Morgan fingerprint density at radius 1 is 1.04 bits per heavy atom. The quantitative estimate of drug-likeness (QED) is 0.825. The molecule has 0 saturated heterocycles. The van der Waals surface area contributed by atoms with Crippen molar-refractivity contribution in [3.05, 3.63) is 59.7 Å². The molecule has 0 unspecified atom stereocenters. The number of rotatable bonds is 4. The number of ether oxygens (including phenoxy) is 1. The highest BCUT2D eigenvalue weighted by atomic mass is 19.1. The zero-order valence-electron chi connectivity index (χ0n) is 15.1. The molecule has 0 bridgehead atoms. The number of benzene rings is 2. The van der Waals surface area contributed by atoms with E-state index in [0.29, 0.717) is 0 Å². The van der Waals surface area contributed by atoms with Crippen LogP contribution < -0.4 is 5.32 Å². The molecule has 136 valence electrons. The van der Waals surface area contributed by atoms with Crippen molar-refractivity contribution >= 4 is 12.1 Å². The van der Waals surface area contributed by atoms with E-state index in [1.807, 2.05) is 48.5 Å². The van der Waals surface area contributed by atoms with Crippen LogP contribution >= 0.6 is 0 Å². The number of carbonyl (C=O) groups is 2. The fraction of sp³-hybridized carbons (Fsp3) is 0.333. The fourth-order valence-electron chi connectivity index (χ4n) is 3.37. The van der Waals surface area contributed by atoms with E-state index >= 15 is 0 Å². The summed E-state index contributed by atoms with van der Waals surface area (Å²) in [5.41, 5.74) is 3.70. The SMILES string of the molecule is CC(C)(C)[C@H](NC(=O)OCC1c2ccccc2-c2ccccc21)C(=O)F. The minimum Gasteiger partial charge on any atom is -0.449 e. The van der Waals surface area contributed by atoms with Crippen molar-refractivity contribution in [2.75, 3.05) is 6.61 Å². The molecule has 0 heterocycles. The van der Waals surface area contributed by atoms with Crippen molar-refractivity contribution in [1.29, 1.82) is 0 Å². The third-order valence-corrected chi connectivity index (χ3v) is 4.70. The van der Waals surface area contributed by atoms with Gasteiger partial charge >= 0.3 is 12.1 Å². The molecule has 26 heavy (non-hydrogen) atoms. The molecule has 1 aliphatic rings. The molecule has 3 rings (SSSR count). The molecule has 4 nitrogen and oxygen atoms in total. The largest absolute Gasteiger partial charge is 0.449 e. The van der Waals surface area contributed by atoms with Gasteiger partial charge in [-0.1, -0.05) is 69.3 Å². The molecule has 1 atom stereocenters. The van der Waals surface area contributed by atoms with Gasteiger partial charge in [-0.3, -0.25) is 4.79 Å². The van der Waals surface area contributed by atoms with Crippen molar-refractivity contribution in [2.24, 2.45) is 5.41 Å². The van der Waals surface area contributed by atoms with Crippen LogP contribution in [0.2, 0.25) is 0 Å². The van der Waals surface area contributed by atoms with Gasteiger partial charge in [0.05, 0.1) is 0 Å². The summed E-state index contributed by atoms with van der Waals surface area (Å²) in [6.45, 7) is 5.16. The minimum absolute atomic E-state index is 0.0812. The molecule has 1 amide bonds. The Labute approximate surface area is 152 Å². The standard InChI is InChI=1S/C21H22FNO3/c1-21(2,3)18(19(22)24)23-20(25)26-12-17-15-10-6-4-8-13(15)14-9-5-7-11-16(14)17/h4-11,17-18H,12H2,1-3H3,(H,23,25)/t18-/m1/s1. The third-order valence-electron chi connectivity index (χ3n) is 4.70. The van der Waals surface area contributed by atoms with E-state index in [1.165, 1.54) is 0 Å². The van der Waals surface area contributed by atoms with E-state index in [1.54, 1.807) is 20.8 Å². The molecule has 0 spiro atoms. The normalized spacial score (nSPS) is 14.3. The second-order valence-corrected chi connectivity index (χ2v) is 7.57. The molecule has 0 fully saturated rings. The van der Waals surface area contributed by atoms with Crippen LogP contribution in [0.5, 0.6) is 0 Å². The average molecular weight is 355 g/mol. The second kappa shape index (κ2) is 6.90. The predicted molar refractivity (Wildman–Crippen MR) is 97.6 cm³/mol. The van der Waals surface area contributed by atoms with Gasteiger partial charge in [-0.25, -0.2) is 4.79 Å². The molecule has 2 aromatic rings. The Balaban J connectivity index is 1.74. The van der Waals surface area contributed by atoms with Crippen LogP contribution in [0, 0.1) is 5.41 Å². The van der Waals surface area contributed by atoms with Crippen LogP contribution in [0.25, 0.3) is 11.1 Å².